The van der Waals surface area contributed by atoms with Gasteiger partial charge < -0.3 is 10.1 Å². The number of benzene rings is 2. The molecule has 0 bridgehead atoms. The Balaban J connectivity index is 2.32. The van der Waals surface area contributed by atoms with E-state index in [0.717, 1.165) is 24.4 Å². The fraction of sp³-hybridized carbons (Fsp3) is 0.250. The van der Waals surface area contributed by atoms with Crippen LogP contribution in [0.5, 0.6) is 11.5 Å². The number of rotatable bonds is 5. The first-order valence-electron chi connectivity index (χ1n) is 6.64. The molecule has 0 heterocycles. The summed E-state index contributed by atoms with van der Waals surface area (Å²) < 4.78 is 5.91. The minimum Gasteiger partial charge on any atom is -0.455 e. The number of nitrogens with one attached hydrogen (secondary N) is 1. The Kier molecular flexibility index (Phi) is 5.77. The lowest BCUT2D eigenvalue weighted by Crippen LogP contribution is -2.12. The van der Waals surface area contributed by atoms with Gasteiger partial charge in [0.1, 0.15) is 11.5 Å². The van der Waals surface area contributed by atoms with Crippen molar-refractivity contribution in [3.05, 3.63) is 56.5 Å². The first kappa shape index (κ1) is 16.4. The zero-order chi connectivity index (χ0) is 15.4. The molecule has 2 rings (SSSR count). The highest BCUT2D eigenvalue weighted by Gasteiger charge is 2.11. The van der Waals surface area contributed by atoms with Gasteiger partial charge in [0.05, 0.1) is 15.1 Å². The molecule has 5 heteroatoms. The van der Waals surface area contributed by atoms with Crippen molar-refractivity contribution < 1.29 is 4.74 Å². The van der Waals surface area contributed by atoms with Gasteiger partial charge in [0.2, 0.25) is 0 Å². The van der Waals surface area contributed by atoms with Crippen LogP contribution in [0.2, 0.25) is 15.1 Å². The lowest BCUT2D eigenvalue weighted by atomic mass is 10.1. The summed E-state index contributed by atoms with van der Waals surface area (Å²) in [6, 6.07) is 9.22. The van der Waals surface area contributed by atoms with Gasteiger partial charge >= 0.3 is 0 Å². The number of halogens is 3. The smallest absolute Gasteiger partial charge is 0.147 e. The average Bonchev–Trinajstić information content (AvgIpc) is 2.44. The summed E-state index contributed by atoms with van der Waals surface area (Å²) in [6.07, 6.45) is 0. The van der Waals surface area contributed by atoms with Gasteiger partial charge in [-0.1, -0.05) is 59.4 Å². The normalized spacial score (nSPS) is 10.7. The second-order valence-electron chi connectivity index (χ2n) is 4.69. The molecule has 0 unspecified atom stereocenters. The third-order valence-corrected chi connectivity index (χ3v) is 3.99. The van der Waals surface area contributed by atoms with Crippen LogP contribution in [-0.2, 0) is 6.54 Å². The maximum Gasteiger partial charge on any atom is 0.147 e. The first-order valence-corrected chi connectivity index (χ1v) is 7.77. The molecule has 0 saturated carbocycles. The summed E-state index contributed by atoms with van der Waals surface area (Å²) in [4.78, 5) is 0. The highest BCUT2D eigenvalue weighted by Crippen LogP contribution is 2.37. The van der Waals surface area contributed by atoms with Crippen LogP contribution < -0.4 is 10.1 Å². The highest BCUT2D eigenvalue weighted by atomic mass is 35.5. The fourth-order valence-electron chi connectivity index (χ4n) is 1.91. The van der Waals surface area contributed by atoms with Gasteiger partial charge in [-0.05, 0) is 25.6 Å². The van der Waals surface area contributed by atoms with Crippen molar-refractivity contribution in [2.75, 3.05) is 6.54 Å². The standard InChI is InChI=1S/C16H16Cl3NO/c1-3-20-9-11-6-10(2)4-5-15(11)21-16-8-13(18)12(17)7-14(16)19/h4-8,20H,3,9H2,1-2H3. The maximum atomic E-state index is 6.16. The van der Waals surface area contributed by atoms with Crippen molar-refractivity contribution in [3.63, 3.8) is 0 Å². The van der Waals surface area contributed by atoms with Gasteiger partial charge in [0.15, 0.2) is 0 Å². The van der Waals surface area contributed by atoms with E-state index in [1.54, 1.807) is 12.1 Å². The van der Waals surface area contributed by atoms with Crippen molar-refractivity contribution >= 4 is 34.8 Å². The molecule has 0 aliphatic rings. The molecular formula is C16H16Cl3NO. The summed E-state index contributed by atoms with van der Waals surface area (Å²) in [7, 11) is 0. The van der Waals surface area contributed by atoms with E-state index in [0.29, 0.717) is 20.8 Å². The van der Waals surface area contributed by atoms with Crippen molar-refractivity contribution in [1.29, 1.82) is 0 Å². The van der Waals surface area contributed by atoms with Crippen LogP contribution in [0.15, 0.2) is 30.3 Å². The molecule has 0 atom stereocenters. The molecule has 0 amide bonds. The van der Waals surface area contributed by atoms with Gasteiger partial charge in [0, 0.05) is 18.2 Å². The average molecular weight is 345 g/mol. The van der Waals surface area contributed by atoms with E-state index in [1.807, 2.05) is 19.1 Å². The number of hydrogen-bond acceptors (Lipinski definition) is 2. The highest BCUT2D eigenvalue weighted by molar-refractivity contribution is 6.43. The van der Waals surface area contributed by atoms with E-state index in [1.165, 1.54) is 5.56 Å². The Morgan fingerprint density at radius 3 is 2.38 bits per heavy atom. The van der Waals surface area contributed by atoms with Crippen molar-refractivity contribution in [3.8, 4) is 11.5 Å². The van der Waals surface area contributed by atoms with Gasteiger partial charge in [0.25, 0.3) is 0 Å². The predicted octanol–water partition coefficient (Wildman–Crippen LogP) is 5.86. The fourth-order valence-corrected chi connectivity index (χ4v) is 2.48. The van der Waals surface area contributed by atoms with Gasteiger partial charge in [-0.25, -0.2) is 0 Å². The van der Waals surface area contributed by atoms with Crippen LogP contribution in [0.3, 0.4) is 0 Å². The van der Waals surface area contributed by atoms with Crippen LogP contribution in [0.4, 0.5) is 0 Å². The van der Waals surface area contributed by atoms with E-state index in [2.05, 4.69) is 18.3 Å². The topological polar surface area (TPSA) is 21.3 Å². The summed E-state index contributed by atoms with van der Waals surface area (Å²) >= 11 is 18.1. The quantitative estimate of drug-likeness (QED) is 0.686. The van der Waals surface area contributed by atoms with Crippen LogP contribution in [0, 0.1) is 6.92 Å². The Bertz CT molecular complexity index is 644. The van der Waals surface area contributed by atoms with Gasteiger partial charge in [-0.3, -0.25) is 0 Å². The summed E-state index contributed by atoms with van der Waals surface area (Å²) in [6.45, 7) is 5.73. The molecule has 0 aromatic heterocycles. The number of aryl methyl sites for hydroxylation is 1. The molecule has 21 heavy (non-hydrogen) atoms. The second kappa shape index (κ2) is 7.37. The van der Waals surface area contributed by atoms with Gasteiger partial charge in [-0.2, -0.15) is 0 Å². The maximum absolute atomic E-state index is 6.16. The number of ether oxygens (including phenoxy) is 1. The number of hydrogen-bond donors (Lipinski definition) is 1. The SMILES string of the molecule is CCNCc1cc(C)ccc1Oc1cc(Cl)c(Cl)cc1Cl. The predicted molar refractivity (Wildman–Crippen MR) is 90.1 cm³/mol. The van der Waals surface area contributed by atoms with E-state index in [9.17, 15) is 0 Å². The Morgan fingerprint density at radius 1 is 0.952 bits per heavy atom. The Hall–Kier alpha value is -0.930. The minimum absolute atomic E-state index is 0.408. The molecule has 2 nitrogen and oxygen atoms in total. The Labute approximate surface area is 140 Å². The van der Waals surface area contributed by atoms with E-state index >= 15 is 0 Å². The third kappa shape index (κ3) is 4.27. The van der Waals surface area contributed by atoms with Crippen molar-refractivity contribution in [2.24, 2.45) is 0 Å². The third-order valence-electron chi connectivity index (χ3n) is 2.98. The lowest BCUT2D eigenvalue weighted by Gasteiger charge is -2.14. The first-order chi connectivity index (χ1) is 10.0. The Morgan fingerprint density at radius 2 is 1.67 bits per heavy atom. The molecule has 0 fully saturated rings. The molecule has 1 N–H and O–H groups in total. The molecular weight excluding hydrogens is 329 g/mol. The largest absolute Gasteiger partial charge is 0.455 e. The summed E-state index contributed by atoms with van der Waals surface area (Å²) in [5, 5.41) is 4.54. The van der Waals surface area contributed by atoms with Crippen molar-refractivity contribution in [1.82, 2.24) is 5.32 Å². The van der Waals surface area contributed by atoms with Crippen LogP contribution in [0.25, 0.3) is 0 Å². The second-order valence-corrected chi connectivity index (χ2v) is 5.91. The molecule has 0 spiro atoms. The van der Waals surface area contributed by atoms with Crippen LogP contribution in [-0.4, -0.2) is 6.54 Å². The molecule has 2 aromatic carbocycles. The van der Waals surface area contributed by atoms with Crippen molar-refractivity contribution in [2.45, 2.75) is 20.4 Å². The molecule has 0 aliphatic carbocycles. The van der Waals surface area contributed by atoms with E-state index in [-0.39, 0.29) is 0 Å². The monoisotopic (exact) mass is 343 g/mol. The van der Waals surface area contributed by atoms with E-state index < -0.39 is 0 Å². The molecule has 2 aromatic rings. The zero-order valence-electron chi connectivity index (χ0n) is 11.8. The van der Waals surface area contributed by atoms with Crippen LogP contribution >= 0.6 is 34.8 Å². The summed E-state index contributed by atoms with van der Waals surface area (Å²) in [5.41, 5.74) is 2.24. The lowest BCUT2D eigenvalue weighted by molar-refractivity contribution is 0.473. The van der Waals surface area contributed by atoms with Gasteiger partial charge in [-0.15, -0.1) is 0 Å². The molecule has 112 valence electrons. The zero-order valence-corrected chi connectivity index (χ0v) is 14.1. The minimum atomic E-state index is 0.408. The molecule has 0 radical (unpaired) electrons. The summed E-state index contributed by atoms with van der Waals surface area (Å²) in [5.74, 6) is 1.24. The van der Waals surface area contributed by atoms with Crippen LogP contribution in [0.1, 0.15) is 18.1 Å². The molecule has 0 saturated heterocycles. The van der Waals surface area contributed by atoms with E-state index in [4.69, 9.17) is 39.5 Å². The molecule has 0 aliphatic heterocycles.